The lowest BCUT2D eigenvalue weighted by Gasteiger charge is -2.39. The Labute approximate surface area is 222 Å². The standard InChI is InChI=1S/C29H32FN7O/c1-3-20-8-9-21-16-32-29(36-26(21)14-20,22-6-5-7-23(15-22)34-28(38)4-2)35-24-10-11-27(31-17-24)33-25-18-37(19-25)13-12-30/h4-11,14-17,25,35-36H,2-3,12-13,18-19H2,1H3,(H,31,33)(H,34,38). The van der Waals surface area contributed by atoms with Crippen molar-refractivity contribution >= 4 is 35.0 Å². The molecule has 1 fully saturated rings. The van der Waals surface area contributed by atoms with Gasteiger partial charge in [0.1, 0.15) is 12.5 Å². The van der Waals surface area contributed by atoms with Crippen molar-refractivity contribution < 1.29 is 9.18 Å². The first-order valence-electron chi connectivity index (χ1n) is 12.8. The number of aryl methyl sites for hydroxylation is 1. The maximum atomic E-state index is 12.5. The van der Waals surface area contributed by atoms with E-state index in [-0.39, 0.29) is 18.6 Å². The van der Waals surface area contributed by atoms with Crippen molar-refractivity contribution in [1.29, 1.82) is 0 Å². The molecule has 8 nitrogen and oxygen atoms in total. The molecule has 9 heteroatoms. The van der Waals surface area contributed by atoms with Crippen molar-refractivity contribution in [3.05, 3.63) is 90.1 Å². The maximum absolute atomic E-state index is 12.5. The number of carbonyl (C=O) groups is 1. The first-order valence-corrected chi connectivity index (χ1v) is 12.8. The third-order valence-corrected chi connectivity index (χ3v) is 6.77. The van der Waals surface area contributed by atoms with E-state index >= 15 is 0 Å². The van der Waals surface area contributed by atoms with E-state index in [1.807, 2.05) is 42.6 Å². The Morgan fingerprint density at radius 3 is 2.82 bits per heavy atom. The van der Waals surface area contributed by atoms with Gasteiger partial charge in [-0.3, -0.25) is 9.69 Å². The SMILES string of the molecule is C=CC(=O)Nc1cccc(C2(Nc3ccc(NC4CN(CCF)C4)nc3)N=Cc3ccc(CC)cc3N2)c1. The van der Waals surface area contributed by atoms with E-state index in [4.69, 9.17) is 4.99 Å². The van der Waals surface area contributed by atoms with Crippen LogP contribution in [0.2, 0.25) is 0 Å². The van der Waals surface area contributed by atoms with Gasteiger partial charge in [-0.15, -0.1) is 0 Å². The molecule has 3 heterocycles. The van der Waals surface area contributed by atoms with Gasteiger partial charge in [-0.1, -0.05) is 37.8 Å². The minimum Gasteiger partial charge on any atom is -0.365 e. The summed E-state index contributed by atoms with van der Waals surface area (Å²) in [6.07, 6.45) is 5.78. The molecule has 1 amide bonds. The predicted octanol–water partition coefficient (Wildman–Crippen LogP) is 4.60. The van der Waals surface area contributed by atoms with Crippen LogP contribution in [0, 0.1) is 0 Å². The smallest absolute Gasteiger partial charge is 0.247 e. The van der Waals surface area contributed by atoms with Crippen molar-refractivity contribution in [3.63, 3.8) is 0 Å². The zero-order chi connectivity index (χ0) is 26.5. The normalized spacial score (nSPS) is 18.6. The summed E-state index contributed by atoms with van der Waals surface area (Å²) < 4.78 is 12.5. The number of hydrogen-bond donors (Lipinski definition) is 4. The molecule has 2 aliphatic rings. The number of hydrogen-bond acceptors (Lipinski definition) is 7. The molecule has 0 bridgehead atoms. The fraction of sp³-hybridized carbons (Fsp3) is 0.276. The van der Waals surface area contributed by atoms with Crippen LogP contribution in [0.5, 0.6) is 0 Å². The number of pyridine rings is 1. The number of likely N-dealkylation sites (tertiary alicyclic amines) is 1. The highest BCUT2D eigenvalue weighted by Gasteiger charge is 2.35. The largest absolute Gasteiger partial charge is 0.365 e. The Bertz CT molecular complexity index is 1340. The zero-order valence-electron chi connectivity index (χ0n) is 21.4. The summed E-state index contributed by atoms with van der Waals surface area (Å²) in [7, 11) is 0. The molecule has 3 aromatic rings. The molecule has 0 radical (unpaired) electrons. The lowest BCUT2D eigenvalue weighted by molar-refractivity contribution is -0.111. The van der Waals surface area contributed by atoms with Crippen LogP contribution in [0.25, 0.3) is 0 Å². The summed E-state index contributed by atoms with van der Waals surface area (Å²) >= 11 is 0. The topological polar surface area (TPSA) is 93.7 Å². The third-order valence-electron chi connectivity index (χ3n) is 6.77. The zero-order valence-corrected chi connectivity index (χ0v) is 21.4. The fourth-order valence-corrected chi connectivity index (χ4v) is 4.67. The van der Waals surface area contributed by atoms with Crippen LogP contribution in [-0.4, -0.2) is 54.4 Å². The van der Waals surface area contributed by atoms with Gasteiger partial charge >= 0.3 is 0 Å². The Morgan fingerprint density at radius 2 is 2.08 bits per heavy atom. The molecule has 1 aromatic heterocycles. The Morgan fingerprint density at radius 1 is 1.21 bits per heavy atom. The summed E-state index contributed by atoms with van der Waals surface area (Å²) in [6.45, 7) is 7.44. The quantitative estimate of drug-likeness (QED) is 0.296. The Hall–Kier alpha value is -4.24. The monoisotopic (exact) mass is 513 g/mol. The molecule has 4 N–H and O–H groups in total. The van der Waals surface area contributed by atoms with Crippen molar-refractivity contribution in [2.75, 3.05) is 47.6 Å². The van der Waals surface area contributed by atoms with E-state index in [1.54, 1.807) is 6.20 Å². The van der Waals surface area contributed by atoms with Crippen LogP contribution >= 0.6 is 0 Å². The second-order valence-corrected chi connectivity index (χ2v) is 9.49. The van der Waals surface area contributed by atoms with Gasteiger partial charge in [0.25, 0.3) is 0 Å². The van der Waals surface area contributed by atoms with Gasteiger partial charge < -0.3 is 21.3 Å². The van der Waals surface area contributed by atoms with Crippen LogP contribution < -0.4 is 21.3 Å². The minimum absolute atomic E-state index is 0.265. The lowest BCUT2D eigenvalue weighted by atomic mass is 10.0. The molecular weight excluding hydrogens is 481 g/mol. The molecule has 0 aliphatic carbocycles. The highest BCUT2D eigenvalue weighted by atomic mass is 19.1. The third kappa shape index (κ3) is 5.52. The minimum atomic E-state index is -1.04. The first-order chi connectivity index (χ1) is 18.5. The van der Waals surface area contributed by atoms with E-state index in [9.17, 15) is 9.18 Å². The molecular formula is C29H32FN7O. The van der Waals surface area contributed by atoms with Crippen LogP contribution in [0.1, 0.15) is 23.6 Å². The summed E-state index contributed by atoms with van der Waals surface area (Å²) in [4.78, 5) is 23.5. The molecule has 0 saturated carbocycles. The number of carbonyl (C=O) groups excluding carboxylic acids is 1. The van der Waals surface area contributed by atoms with Crippen LogP contribution in [0.15, 0.2) is 78.4 Å². The van der Waals surface area contributed by atoms with E-state index in [0.29, 0.717) is 12.2 Å². The summed E-state index contributed by atoms with van der Waals surface area (Å²) in [5.74, 6) is -0.554. The number of halogens is 1. The Balaban J connectivity index is 1.41. The van der Waals surface area contributed by atoms with Crippen molar-refractivity contribution in [2.24, 2.45) is 4.99 Å². The van der Waals surface area contributed by atoms with E-state index in [0.717, 1.165) is 47.8 Å². The molecule has 2 aliphatic heterocycles. The summed E-state index contributed by atoms with van der Waals surface area (Å²) in [5, 5.41) is 13.4. The van der Waals surface area contributed by atoms with Gasteiger partial charge in [0.05, 0.1) is 17.9 Å². The van der Waals surface area contributed by atoms with Crippen molar-refractivity contribution in [1.82, 2.24) is 9.88 Å². The average molecular weight is 514 g/mol. The molecule has 2 aromatic carbocycles. The number of aliphatic imine (C=N–C) groups is 1. The number of alkyl halides is 1. The van der Waals surface area contributed by atoms with Gasteiger partial charge in [0.2, 0.25) is 11.7 Å². The highest BCUT2D eigenvalue weighted by molar-refractivity contribution is 5.99. The summed E-state index contributed by atoms with van der Waals surface area (Å²) in [6, 6.07) is 18.0. The van der Waals surface area contributed by atoms with Crippen molar-refractivity contribution in [2.45, 2.75) is 25.2 Å². The molecule has 5 rings (SSSR count). The second-order valence-electron chi connectivity index (χ2n) is 9.49. The number of rotatable bonds is 10. The van der Waals surface area contributed by atoms with Gasteiger partial charge in [-0.05, 0) is 48.4 Å². The van der Waals surface area contributed by atoms with Gasteiger partial charge in [0, 0.05) is 48.4 Å². The number of anilines is 4. The van der Waals surface area contributed by atoms with E-state index < -0.39 is 5.79 Å². The predicted molar refractivity (Wildman–Crippen MR) is 152 cm³/mol. The number of fused-ring (bicyclic) bond motifs is 1. The summed E-state index contributed by atoms with van der Waals surface area (Å²) in [5.41, 5.74) is 5.39. The van der Waals surface area contributed by atoms with Crippen LogP contribution in [0.4, 0.5) is 27.3 Å². The molecule has 0 spiro atoms. The number of nitrogens with zero attached hydrogens (tertiary/aromatic N) is 3. The Kier molecular flexibility index (Phi) is 7.37. The highest BCUT2D eigenvalue weighted by Crippen LogP contribution is 2.36. The molecule has 1 saturated heterocycles. The molecule has 38 heavy (non-hydrogen) atoms. The average Bonchev–Trinajstić information content (AvgIpc) is 2.92. The van der Waals surface area contributed by atoms with Gasteiger partial charge in [0.15, 0.2) is 0 Å². The number of aromatic nitrogens is 1. The fourth-order valence-electron chi connectivity index (χ4n) is 4.67. The van der Waals surface area contributed by atoms with Crippen molar-refractivity contribution in [3.8, 4) is 0 Å². The lowest BCUT2D eigenvalue weighted by Crippen LogP contribution is -2.55. The second kappa shape index (κ2) is 11.0. The van der Waals surface area contributed by atoms with Crippen LogP contribution in [0.3, 0.4) is 0 Å². The van der Waals surface area contributed by atoms with Gasteiger partial charge in [-0.2, -0.15) is 0 Å². The number of amides is 1. The number of benzene rings is 2. The van der Waals surface area contributed by atoms with E-state index in [2.05, 4.69) is 62.9 Å². The van der Waals surface area contributed by atoms with Gasteiger partial charge in [-0.25, -0.2) is 14.4 Å². The van der Waals surface area contributed by atoms with E-state index in [1.165, 1.54) is 11.6 Å². The first kappa shape index (κ1) is 25.4. The maximum Gasteiger partial charge on any atom is 0.247 e. The van der Waals surface area contributed by atoms with Crippen LogP contribution in [-0.2, 0) is 17.0 Å². The number of nitrogens with one attached hydrogen (secondary N) is 4. The molecule has 196 valence electrons. The molecule has 1 unspecified atom stereocenters. The molecule has 1 atom stereocenters.